The standard InChI is InChI=1S/C25H26F4N2O3S2/c26-19-5-9-22(10-6-19)36(32,33)30-20-11-14-31(15-12-20)16-13-23(24-2-1-17-35-24)34-21-7-3-18(4-8-21)25(27,28)29/h1-10,17,20,23,30H,11-16H2. The molecule has 1 aliphatic heterocycles. The zero-order valence-corrected chi connectivity index (χ0v) is 20.9. The number of piperidine rings is 1. The van der Waals surface area contributed by atoms with E-state index in [2.05, 4.69) is 9.62 Å². The van der Waals surface area contributed by atoms with Gasteiger partial charge in [0.05, 0.1) is 10.5 Å². The van der Waals surface area contributed by atoms with Gasteiger partial charge >= 0.3 is 6.18 Å². The van der Waals surface area contributed by atoms with Crippen molar-refractivity contribution >= 4 is 21.4 Å². The molecule has 0 amide bonds. The fourth-order valence-electron chi connectivity index (χ4n) is 4.10. The molecule has 0 saturated carbocycles. The number of halogens is 4. The molecule has 1 aliphatic rings. The highest BCUT2D eigenvalue weighted by Gasteiger charge is 2.30. The lowest BCUT2D eigenvalue weighted by molar-refractivity contribution is -0.137. The van der Waals surface area contributed by atoms with Gasteiger partial charge < -0.3 is 9.64 Å². The molecule has 0 radical (unpaired) electrons. The SMILES string of the molecule is O=S(=O)(NC1CCN(CCC(Oc2ccc(C(F)(F)F)cc2)c2cccs2)CC1)c1ccc(F)cc1. The third-order valence-corrected chi connectivity index (χ3v) is 8.56. The average molecular weight is 543 g/mol. The van der Waals surface area contributed by atoms with Gasteiger partial charge in [-0.05, 0) is 85.9 Å². The van der Waals surface area contributed by atoms with Crippen molar-refractivity contribution in [3.63, 3.8) is 0 Å². The third-order valence-electron chi connectivity index (χ3n) is 6.06. The van der Waals surface area contributed by atoms with Crippen molar-refractivity contribution in [3.05, 3.63) is 82.3 Å². The minimum absolute atomic E-state index is 0.0329. The van der Waals surface area contributed by atoms with Crippen LogP contribution in [0.3, 0.4) is 0 Å². The molecule has 1 saturated heterocycles. The Balaban J connectivity index is 1.30. The van der Waals surface area contributed by atoms with Gasteiger partial charge in [0.25, 0.3) is 0 Å². The van der Waals surface area contributed by atoms with Crippen LogP contribution in [0.15, 0.2) is 70.9 Å². The predicted molar refractivity (Wildman–Crippen MR) is 130 cm³/mol. The Bertz CT molecular complexity index is 1210. The van der Waals surface area contributed by atoms with Crippen molar-refractivity contribution in [1.29, 1.82) is 0 Å². The number of nitrogens with zero attached hydrogens (tertiary/aromatic N) is 1. The van der Waals surface area contributed by atoms with E-state index in [1.165, 1.54) is 35.6 Å². The maximum atomic E-state index is 13.1. The fourth-order valence-corrected chi connectivity index (χ4v) is 6.19. The first-order chi connectivity index (χ1) is 17.1. The number of benzene rings is 2. The summed E-state index contributed by atoms with van der Waals surface area (Å²) in [6.07, 6.45) is -2.82. The van der Waals surface area contributed by atoms with Crippen LogP contribution < -0.4 is 9.46 Å². The van der Waals surface area contributed by atoms with Crippen molar-refractivity contribution in [1.82, 2.24) is 9.62 Å². The first-order valence-electron chi connectivity index (χ1n) is 11.5. The van der Waals surface area contributed by atoms with Gasteiger partial charge in [-0.2, -0.15) is 13.2 Å². The molecule has 2 heterocycles. The number of nitrogens with one attached hydrogen (secondary N) is 1. The fraction of sp³-hybridized carbons (Fsp3) is 0.360. The molecular formula is C25H26F4N2O3S2. The lowest BCUT2D eigenvalue weighted by Crippen LogP contribution is -2.45. The molecule has 1 unspecified atom stereocenters. The number of hydrogen-bond donors (Lipinski definition) is 1. The smallest absolute Gasteiger partial charge is 0.416 e. The Kier molecular flexibility index (Phi) is 8.34. The largest absolute Gasteiger partial charge is 0.485 e. The Morgan fingerprint density at radius 2 is 1.69 bits per heavy atom. The minimum Gasteiger partial charge on any atom is -0.485 e. The average Bonchev–Trinajstić information content (AvgIpc) is 3.37. The molecule has 1 fully saturated rings. The topological polar surface area (TPSA) is 58.6 Å². The first kappa shape index (κ1) is 26.6. The summed E-state index contributed by atoms with van der Waals surface area (Å²) in [7, 11) is -3.72. The summed E-state index contributed by atoms with van der Waals surface area (Å²) in [5.74, 6) is -0.124. The summed E-state index contributed by atoms with van der Waals surface area (Å²) in [6, 6.07) is 13.1. The van der Waals surface area contributed by atoms with E-state index in [1.54, 1.807) is 0 Å². The van der Waals surface area contributed by atoms with Gasteiger partial charge in [-0.3, -0.25) is 0 Å². The second kappa shape index (κ2) is 11.3. The highest BCUT2D eigenvalue weighted by Crippen LogP contribution is 2.33. The van der Waals surface area contributed by atoms with Crippen molar-refractivity contribution in [3.8, 4) is 5.75 Å². The number of hydrogen-bond acceptors (Lipinski definition) is 5. The van der Waals surface area contributed by atoms with E-state index in [1.807, 2.05) is 17.5 Å². The molecule has 11 heteroatoms. The molecule has 0 bridgehead atoms. The van der Waals surface area contributed by atoms with Crippen LogP contribution in [-0.2, 0) is 16.2 Å². The van der Waals surface area contributed by atoms with Gasteiger partial charge in [0.1, 0.15) is 17.7 Å². The third kappa shape index (κ3) is 7.06. The molecule has 194 valence electrons. The van der Waals surface area contributed by atoms with E-state index in [4.69, 9.17) is 4.74 Å². The zero-order valence-electron chi connectivity index (χ0n) is 19.2. The second-order valence-electron chi connectivity index (χ2n) is 8.62. The summed E-state index contributed by atoms with van der Waals surface area (Å²) in [5.41, 5.74) is -0.722. The molecule has 2 aromatic carbocycles. The Morgan fingerprint density at radius 3 is 2.28 bits per heavy atom. The van der Waals surface area contributed by atoms with E-state index in [-0.39, 0.29) is 17.0 Å². The van der Waals surface area contributed by atoms with Gasteiger partial charge in [-0.15, -0.1) is 11.3 Å². The van der Waals surface area contributed by atoms with Crippen LogP contribution in [0.2, 0.25) is 0 Å². The summed E-state index contributed by atoms with van der Waals surface area (Å²) >= 11 is 1.53. The lowest BCUT2D eigenvalue weighted by Gasteiger charge is -2.33. The van der Waals surface area contributed by atoms with Gasteiger partial charge in [-0.25, -0.2) is 17.5 Å². The second-order valence-corrected chi connectivity index (χ2v) is 11.3. The van der Waals surface area contributed by atoms with Crippen LogP contribution in [0.4, 0.5) is 17.6 Å². The van der Waals surface area contributed by atoms with E-state index in [9.17, 15) is 26.0 Å². The Hall–Kier alpha value is -2.47. The van der Waals surface area contributed by atoms with Crippen molar-refractivity contribution in [2.75, 3.05) is 19.6 Å². The number of alkyl halides is 3. The summed E-state index contributed by atoms with van der Waals surface area (Å²) in [6.45, 7) is 2.07. The van der Waals surface area contributed by atoms with Gasteiger partial charge in [-0.1, -0.05) is 6.07 Å². The zero-order chi connectivity index (χ0) is 25.8. The highest BCUT2D eigenvalue weighted by atomic mass is 32.2. The maximum Gasteiger partial charge on any atom is 0.416 e. The van der Waals surface area contributed by atoms with E-state index >= 15 is 0 Å². The number of ether oxygens (including phenoxy) is 1. The molecule has 1 aromatic heterocycles. The number of likely N-dealkylation sites (tertiary alicyclic amines) is 1. The minimum atomic E-state index is -4.40. The van der Waals surface area contributed by atoms with Gasteiger partial charge in [0.15, 0.2) is 0 Å². The van der Waals surface area contributed by atoms with Crippen molar-refractivity contribution < 1.29 is 30.7 Å². The van der Waals surface area contributed by atoms with Crippen LogP contribution in [0.1, 0.15) is 35.8 Å². The molecular weight excluding hydrogens is 516 g/mol. The number of sulfonamides is 1. The molecule has 3 aromatic rings. The summed E-state index contributed by atoms with van der Waals surface area (Å²) in [5, 5.41) is 1.93. The first-order valence-corrected chi connectivity index (χ1v) is 13.8. The molecule has 4 rings (SSSR count). The number of rotatable bonds is 9. The van der Waals surface area contributed by atoms with Crippen LogP contribution in [0.5, 0.6) is 5.75 Å². The van der Waals surface area contributed by atoms with Crippen LogP contribution in [0.25, 0.3) is 0 Å². The van der Waals surface area contributed by atoms with E-state index in [0.717, 1.165) is 29.1 Å². The van der Waals surface area contributed by atoms with Gasteiger partial charge in [0.2, 0.25) is 10.0 Å². The Labute approximate surface area is 211 Å². The Morgan fingerprint density at radius 1 is 1.03 bits per heavy atom. The maximum absolute atomic E-state index is 13.1. The monoisotopic (exact) mass is 542 g/mol. The molecule has 0 spiro atoms. The summed E-state index contributed by atoms with van der Waals surface area (Å²) < 4.78 is 85.6. The van der Waals surface area contributed by atoms with Gasteiger partial charge in [0, 0.05) is 23.9 Å². The normalized spacial score (nSPS) is 16.7. The van der Waals surface area contributed by atoms with Crippen LogP contribution >= 0.6 is 11.3 Å². The van der Waals surface area contributed by atoms with E-state index < -0.39 is 27.6 Å². The van der Waals surface area contributed by atoms with Crippen molar-refractivity contribution in [2.24, 2.45) is 0 Å². The molecule has 36 heavy (non-hydrogen) atoms. The molecule has 1 atom stereocenters. The van der Waals surface area contributed by atoms with Crippen LogP contribution in [-0.4, -0.2) is 39.0 Å². The lowest BCUT2D eigenvalue weighted by atomic mass is 10.1. The molecule has 0 aliphatic carbocycles. The number of thiophene rings is 1. The van der Waals surface area contributed by atoms with Crippen molar-refractivity contribution in [2.45, 2.75) is 42.5 Å². The molecule has 5 nitrogen and oxygen atoms in total. The quantitative estimate of drug-likeness (QED) is 0.344. The van der Waals surface area contributed by atoms with Crippen LogP contribution in [0, 0.1) is 5.82 Å². The summed E-state index contributed by atoms with van der Waals surface area (Å²) in [4.78, 5) is 3.24. The van der Waals surface area contributed by atoms with E-state index in [0.29, 0.717) is 44.6 Å². The molecule has 1 N–H and O–H groups in total. The highest BCUT2D eigenvalue weighted by molar-refractivity contribution is 7.89. The predicted octanol–water partition coefficient (Wildman–Crippen LogP) is 5.86.